The third-order valence-electron chi connectivity index (χ3n) is 3.74. The lowest BCUT2D eigenvalue weighted by molar-refractivity contribution is 0.102. The Labute approximate surface area is 157 Å². The third kappa shape index (κ3) is 3.96. The van der Waals surface area contributed by atoms with E-state index in [0.29, 0.717) is 0 Å². The number of carbonyl (C=O) groups excluding carboxylic acids is 1. The van der Waals surface area contributed by atoms with Crippen LogP contribution in [0.15, 0.2) is 48.7 Å². The number of aromatic nitrogens is 2. The van der Waals surface area contributed by atoms with Gasteiger partial charge in [-0.1, -0.05) is 6.07 Å². The van der Waals surface area contributed by atoms with Crippen LogP contribution in [0.25, 0.3) is 0 Å². The lowest BCUT2D eigenvalue weighted by Gasteiger charge is -2.09. The van der Waals surface area contributed by atoms with Crippen LogP contribution < -0.4 is 10.1 Å². The lowest BCUT2D eigenvalue weighted by Crippen LogP contribution is -2.12. The number of anilines is 1. The van der Waals surface area contributed by atoms with Gasteiger partial charge in [0.25, 0.3) is 12.3 Å². The van der Waals surface area contributed by atoms with E-state index in [1.807, 2.05) is 0 Å². The lowest BCUT2D eigenvalue weighted by atomic mass is 10.2. The zero-order chi connectivity index (χ0) is 20.3. The van der Waals surface area contributed by atoms with Crippen molar-refractivity contribution in [2.24, 2.45) is 7.05 Å². The number of alkyl halides is 2. The summed E-state index contributed by atoms with van der Waals surface area (Å²) < 4.78 is 46.2. The molecule has 0 aliphatic heterocycles. The van der Waals surface area contributed by atoms with E-state index in [1.165, 1.54) is 54.3 Å². The maximum absolute atomic E-state index is 13.6. The van der Waals surface area contributed by atoms with Crippen LogP contribution in [-0.2, 0) is 7.05 Å². The van der Waals surface area contributed by atoms with E-state index in [9.17, 15) is 18.0 Å². The van der Waals surface area contributed by atoms with Crippen molar-refractivity contribution in [3.63, 3.8) is 0 Å². The molecule has 0 saturated heterocycles. The van der Waals surface area contributed by atoms with Gasteiger partial charge in [0.1, 0.15) is 28.9 Å². The molecule has 1 amide bonds. The Morgan fingerprint density at radius 2 is 1.96 bits per heavy atom. The molecule has 0 radical (unpaired) electrons. The Morgan fingerprint density at radius 3 is 2.61 bits per heavy atom. The van der Waals surface area contributed by atoms with Gasteiger partial charge in [0.15, 0.2) is 5.69 Å². The van der Waals surface area contributed by atoms with Crippen LogP contribution in [0.3, 0.4) is 0 Å². The second-order valence-corrected chi connectivity index (χ2v) is 5.71. The van der Waals surface area contributed by atoms with E-state index in [0.717, 1.165) is 6.07 Å². The summed E-state index contributed by atoms with van der Waals surface area (Å²) in [5, 5.41) is 15.0. The molecule has 3 aromatic rings. The van der Waals surface area contributed by atoms with E-state index in [2.05, 4.69) is 10.4 Å². The first-order valence-corrected chi connectivity index (χ1v) is 7.98. The average molecular weight is 386 g/mol. The molecule has 0 bridgehead atoms. The summed E-state index contributed by atoms with van der Waals surface area (Å²) in [6.45, 7) is 0. The van der Waals surface area contributed by atoms with Gasteiger partial charge in [-0.05, 0) is 36.4 Å². The molecule has 142 valence electrons. The average Bonchev–Trinajstić information content (AvgIpc) is 3.03. The van der Waals surface area contributed by atoms with Gasteiger partial charge < -0.3 is 10.1 Å². The van der Waals surface area contributed by atoms with Crippen LogP contribution in [-0.4, -0.2) is 15.7 Å². The summed E-state index contributed by atoms with van der Waals surface area (Å²) in [6.07, 6.45) is -1.54. The number of amides is 1. The SMILES string of the molecule is Cn1cc(NC(=O)c2ccc(Oc3cccc(F)c3C#N)cc2)c(C(F)F)n1. The minimum Gasteiger partial charge on any atom is -0.456 e. The van der Waals surface area contributed by atoms with Gasteiger partial charge in [-0.3, -0.25) is 9.48 Å². The summed E-state index contributed by atoms with van der Waals surface area (Å²) in [4.78, 5) is 12.3. The van der Waals surface area contributed by atoms with Gasteiger partial charge in [-0.25, -0.2) is 13.2 Å². The number of halogens is 3. The fourth-order valence-electron chi connectivity index (χ4n) is 2.46. The monoisotopic (exact) mass is 386 g/mol. The summed E-state index contributed by atoms with van der Waals surface area (Å²) in [5.74, 6) is -1.00. The molecular weight excluding hydrogens is 373 g/mol. The molecule has 1 aromatic heterocycles. The van der Waals surface area contributed by atoms with Crippen molar-refractivity contribution in [2.45, 2.75) is 6.43 Å². The summed E-state index contributed by atoms with van der Waals surface area (Å²) in [6, 6.07) is 11.4. The number of carbonyl (C=O) groups is 1. The molecule has 6 nitrogen and oxygen atoms in total. The smallest absolute Gasteiger partial charge is 0.284 e. The number of benzene rings is 2. The largest absolute Gasteiger partial charge is 0.456 e. The van der Waals surface area contributed by atoms with Crippen LogP contribution in [0, 0.1) is 17.1 Å². The van der Waals surface area contributed by atoms with E-state index in [1.54, 1.807) is 6.07 Å². The van der Waals surface area contributed by atoms with Crippen LogP contribution >= 0.6 is 0 Å². The van der Waals surface area contributed by atoms with Crippen molar-refractivity contribution in [1.29, 1.82) is 5.26 Å². The molecule has 0 unspecified atom stereocenters. The second-order valence-electron chi connectivity index (χ2n) is 5.71. The van der Waals surface area contributed by atoms with Gasteiger partial charge >= 0.3 is 0 Å². The molecule has 9 heteroatoms. The number of hydrogen-bond donors (Lipinski definition) is 1. The van der Waals surface area contributed by atoms with E-state index < -0.39 is 23.8 Å². The Bertz CT molecular complexity index is 1060. The predicted molar refractivity (Wildman–Crippen MR) is 93.7 cm³/mol. The number of aryl methyl sites for hydroxylation is 1. The van der Waals surface area contributed by atoms with E-state index >= 15 is 0 Å². The van der Waals surface area contributed by atoms with Crippen LogP contribution in [0.2, 0.25) is 0 Å². The standard InChI is InChI=1S/C19H13F3N4O2/c1-26-10-15(17(25-26)18(21)22)24-19(27)11-5-7-12(8-6-11)28-16-4-2-3-14(20)13(16)9-23/h2-8,10,18H,1H3,(H,24,27). The van der Waals surface area contributed by atoms with E-state index in [4.69, 9.17) is 10.00 Å². The summed E-state index contributed by atoms with van der Waals surface area (Å²) in [5.41, 5.74) is -0.649. The number of rotatable bonds is 5. The Morgan fingerprint density at radius 1 is 1.25 bits per heavy atom. The number of nitrogens with one attached hydrogen (secondary N) is 1. The van der Waals surface area contributed by atoms with Crippen molar-refractivity contribution in [3.05, 3.63) is 71.3 Å². The molecule has 0 saturated carbocycles. The van der Waals surface area contributed by atoms with Gasteiger partial charge in [-0.2, -0.15) is 10.4 Å². The van der Waals surface area contributed by atoms with Crippen molar-refractivity contribution < 1.29 is 22.7 Å². The minimum absolute atomic E-state index is 0.0386. The molecule has 28 heavy (non-hydrogen) atoms. The Balaban J connectivity index is 1.75. The van der Waals surface area contributed by atoms with Crippen LogP contribution in [0.1, 0.15) is 28.0 Å². The van der Waals surface area contributed by atoms with Gasteiger partial charge in [0.05, 0.1) is 5.69 Å². The van der Waals surface area contributed by atoms with Crippen molar-refractivity contribution in [2.75, 3.05) is 5.32 Å². The highest BCUT2D eigenvalue weighted by molar-refractivity contribution is 6.04. The molecule has 1 heterocycles. The fourth-order valence-corrected chi connectivity index (χ4v) is 2.46. The van der Waals surface area contributed by atoms with Crippen LogP contribution in [0.4, 0.5) is 18.9 Å². The molecular formula is C19H13F3N4O2. The molecule has 0 atom stereocenters. The Hall–Kier alpha value is -3.80. The first kappa shape index (κ1) is 19.0. The maximum Gasteiger partial charge on any atom is 0.284 e. The third-order valence-corrected chi connectivity index (χ3v) is 3.74. The molecule has 1 N–H and O–H groups in total. The highest BCUT2D eigenvalue weighted by atomic mass is 19.3. The Kier molecular flexibility index (Phi) is 5.31. The first-order chi connectivity index (χ1) is 13.4. The van der Waals surface area contributed by atoms with Crippen molar-refractivity contribution >= 4 is 11.6 Å². The predicted octanol–water partition coefficient (Wildman–Crippen LogP) is 4.41. The minimum atomic E-state index is -2.83. The topological polar surface area (TPSA) is 79.9 Å². The normalized spacial score (nSPS) is 10.6. The number of ether oxygens (including phenoxy) is 1. The fraction of sp³-hybridized carbons (Fsp3) is 0.105. The number of hydrogen-bond acceptors (Lipinski definition) is 4. The first-order valence-electron chi connectivity index (χ1n) is 7.98. The highest BCUT2D eigenvalue weighted by Crippen LogP contribution is 2.28. The van der Waals surface area contributed by atoms with Crippen molar-refractivity contribution in [3.8, 4) is 17.6 Å². The van der Waals surface area contributed by atoms with Gasteiger partial charge in [-0.15, -0.1) is 0 Å². The molecule has 0 spiro atoms. The quantitative estimate of drug-likeness (QED) is 0.704. The molecule has 0 fully saturated rings. The number of nitrogens with zero attached hydrogens (tertiary/aromatic N) is 3. The van der Waals surface area contributed by atoms with Crippen molar-refractivity contribution in [1.82, 2.24) is 9.78 Å². The molecule has 0 aliphatic carbocycles. The molecule has 3 rings (SSSR count). The molecule has 0 aliphatic rings. The second kappa shape index (κ2) is 7.84. The molecule has 2 aromatic carbocycles. The summed E-state index contributed by atoms with van der Waals surface area (Å²) >= 11 is 0. The number of nitriles is 1. The summed E-state index contributed by atoms with van der Waals surface area (Å²) in [7, 11) is 1.47. The van der Waals surface area contributed by atoms with Gasteiger partial charge in [0, 0.05) is 18.8 Å². The maximum atomic E-state index is 13.6. The van der Waals surface area contributed by atoms with Gasteiger partial charge in [0.2, 0.25) is 0 Å². The zero-order valence-electron chi connectivity index (χ0n) is 14.5. The van der Waals surface area contributed by atoms with Crippen LogP contribution in [0.5, 0.6) is 11.5 Å². The zero-order valence-corrected chi connectivity index (χ0v) is 14.5. The highest BCUT2D eigenvalue weighted by Gasteiger charge is 2.19. The van der Waals surface area contributed by atoms with E-state index in [-0.39, 0.29) is 28.3 Å².